The highest BCUT2D eigenvalue weighted by molar-refractivity contribution is 5.85. The lowest BCUT2D eigenvalue weighted by atomic mass is 9.91. The quantitative estimate of drug-likeness (QED) is 0.721. The van der Waals surface area contributed by atoms with Crippen molar-refractivity contribution in [3.8, 4) is 0 Å². The first-order valence-electron chi connectivity index (χ1n) is 7.35. The predicted molar refractivity (Wildman–Crippen MR) is 77.2 cm³/mol. The van der Waals surface area contributed by atoms with Gasteiger partial charge in [0, 0.05) is 30.4 Å². The summed E-state index contributed by atoms with van der Waals surface area (Å²) in [7, 11) is 0. The number of H-pyrrole nitrogens is 1. The SMILES string of the molecule is Cc1ccc2[nH]c3c(c2c1)CCC[C@H]3[NH2+]CCCO. The molecule has 1 heterocycles. The number of benzene rings is 1. The Hall–Kier alpha value is -1.32. The molecule has 102 valence electrons. The van der Waals surface area contributed by atoms with Crippen molar-refractivity contribution in [3.63, 3.8) is 0 Å². The van der Waals surface area contributed by atoms with E-state index in [0.717, 1.165) is 13.0 Å². The van der Waals surface area contributed by atoms with E-state index in [4.69, 9.17) is 5.11 Å². The summed E-state index contributed by atoms with van der Waals surface area (Å²) in [5, 5.41) is 12.7. The minimum Gasteiger partial charge on any atom is -0.396 e. The lowest BCUT2D eigenvalue weighted by Gasteiger charge is -2.20. The molecule has 0 radical (unpaired) electrons. The summed E-state index contributed by atoms with van der Waals surface area (Å²) in [6.45, 7) is 3.46. The molecule has 3 nitrogen and oxygen atoms in total. The van der Waals surface area contributed by atoms with Gasteiger partial charge < -0.3 is 15.4 Å². The molecule has 1 atom stereocenters. The first-order valence-corrected chi connectivity index (χ1v) is 7.35. The molecule has 1 aromatic carbocycles. The van der Waals surface area contributed by atoms with Crippen LogP contribution in [0.25, 0.3) is 10.9 Å². The number of aliphatic hydroxyl groups excluding tert-OH is 1. The monoisotopic (exact) mass is 259 g/mol. The van der Waals surface area contributed by atoms with Crippen molar-refractivity contribution in [2.45, 2.75) is 38.6 Å². The van der Waals surface area contributed by atoms with E-state index in [0.29, 0.717) is 12.6 Å². The molecule has 0 fully saturated rings. The molecule has 0 spiro atoms. The number of aromatic nitrogens is 1. The predicted octanol–water partition coefficient (Wildman–Crippen LogP) is 1.80. The highest BCUT2D eigenvalue weighted by Gasteiger charge is 2.26. The molecule has 19 heavy (non-hydrogen) atoms. The van der Waals surface area contributed by atoms with Crippen LogP contribution in [-0.4, -0.2) is 23.2 Å². The van der Waals surface area contributed by atoms with Crippen molar-refractivity contribution in [3.05, 3.63) is 35.0 Å². The van der Waals surface area contributed by atoms with Gasteiger partial charge in [0.05, 0.1) is 12.2 Å². The molecule has 0 amide bonds. The maximum atomic E-state index is 8.91. The molecule has 4 N–H and O–H groups in total. The van der Waals surface area contributed by atoms with Gasteiger partial charge in [-0.15, -0.1) is 0 Å². The number of nitrogens with two attached hydrogens (primary N) is 1. The van der Waals surface area contributed by atoms with Crippen LogP contribution in [0.4, 0.5) is 0 Å². The second kappa shape index (κ2) is 5.35. The zero-order valence-electron chi connectivity index (χ0n) is 11.6. The van der Waals surface area contributed by atoms with E-state index in [1.54, 1.807) is 0 Å². The largest absolute Gasteiger partial charge is 0.396 e. The molecule has 1 aromatic heterocycles. The molecule has 3 heteroatoms. The number of aliphatic hydroxyl groups is 1. The second-order valence-corrected chi connectivity index (χ2v) is 5.67. The summed E-state index contributed by atoms with van der Waals surface area (Å²) >= 11 is 0. The fourth-order valence-corrected chi connectivity index (χ4v) is 3.26. The van der Waals surface area contributed by atoms with Gasteiger partial charge in [-0.2, -0.15) is 0 Å². The lowest BCUT2D eigenvalue weighted by molar-refractivity contribution is -0.698. The zero-order valence-corrected chi connectivity index (χ0v) is 11.6. The van der Waals surface area contributed by atoms with Crippen molar-refractivity contribution < 1.29 is 10.4 Å². The highest BCUT2D eigenvalue weighted by atomic mass is 16.3. The summed E-state index contributed by atoms with van der Waals surface area (Å²) in [6, 6.07) is 7.23. The van der Waals surface area contributed by atoms with Gasteiger partial charge in [-0.05, 0) is 37.5 Å². The number of nitrogens with one attached hydrogen (secondary N) is 1. The topological polar surface area (TPSA) is 52.6 Å². The van der Waals surface area contributed by atoms with E-state index < -0.39 is 0 Å². The van der Waals surface area contributed by atoms with Crippen molar-refractivity contribution in [1.29, 1.82) is 0 Å². The Balaban J connectivity index is 1.93. The van der Waals surface area contributed by atoms with Crippen molar-refractivity contribution in [2.75, 3.05) is 13.2 Å². The Morgan fingerprint density at radius 1 is 1.42 bits per heavy atom. The average Bonchev–Trinajstić information content (AvgIpc) is 2.78. The molecule has 0 saturated carbocycles. The molecule has 0 aliphatic heterocycles. The Morgan fingerprint density at radius 2 is 2.32 bits per heavy atom. The molecule has 2 aromatic rings. The van der Waals surface area contributed by atoms with Crippen molar-refractivity contribution in [2.24, 2.45) is 0 Å². The molecular weight excluding hydrogens is 236 g/mol. The lowest BCUT2D eigenvalue weighted by Crippen LogP contribution is -2.85. The van der Waals surface area contributed by atoms with Gasteiger partial charge in [-0.1, -0.05) is 11.6 Å². The summed E-state index contributed by atoms with van der Waals surface area (Å²) in [5.74, 6) is 0. The van der Waals surface area contributed by atoms with E-state index in [1.807, 2.05) is 0 Å². The number of aromatic amines is 1. The molecule has 1 aliphatic carbocycles. The van der Waals surface area contributed by atoms with Crippen molar-refractivity contribution >= 4 is 10.9 Å². The van der Waals surface area contributed by atoms with E-state index >= 15 is 0 Å². The molecule has 0 bridgehead atoms. The summed E-state index contributed by atoms with van der Waals surface area (Å²) in [5.41, 5.74) is 5.55. The molecule has 3 rings (SSSR count). The maximum Gasteiger partial charge on any atom is 0.127 e. The molecule has 0 unspecified atom stereocenters. The minimum absolute atomic E-state index is 0.294. The number of hydrogen-bond acceptors (Lipinski definition) is 1. The smallest absolute Gasteiger partial charge is 0.127 e. The van der Waals surface area contributed by atoms with E-state index in [-0.39, 0.29) is 0 Å². The Kier molecular flexibility index (Phi) is 3.58. The molecular formula is C16H23N2O+. The third-order valence-electron chi connectivity index (χ3n) is 4.22. The Labute approximate surface area is 114 Å². The second-order valence-electron chi connectivity index (χ2n) is 5.67. The first-order chi connectivity index (χ1) is 9.29. The van der Waals surface area contributed by atoms with Gasteiger partial charge in [0.25, 0.3) is 0 Å². The number of fused-ring (bicyclic) bond motifs is 3. The average molecular weight is 259 g/mol. The van der Waals surface area contributed by atoms with E-state index in [2.05, 4.69) is 35.4 Å². The van der Waals surface area contributed by atoms with E-state index in [9.17, 15) is 0 Å². The minimum atomic E-state index is 0.294. The van der Waals surface area contributed by atoms with Crippen molar-refractivity contribution in [1.82, 2.24) is 4.98 Å². The summed E-state index contributed by atoms with van der Waals surface area (Å²) in [6.07, 6.45) is 4.59. The molecule has 0 saturated heterocycles. The third-order valence-corrected chi connectivity index (χ3v) is 4.22. The van der Waals surface area contributed by atoms with Gasteiger partial charge >= 0.3 is 0 Å². The summed E-state index contributed by atoms with van der Waals surface area (Å²) < 4.78 is 0. The number of aryl methyl sites for hydroxylation is 2. The van der Waals surface area contributed by atoms with Crippen LogP contribution in [0.3, 0.4) is 0 Å². The van der Waals surface area contributed by atoms with Crippen LogP contribution in [0.1, 0.15) is 42.1 Å². The van der Waals surface area contributed by atoms with Crippen LogP contribution in [0.5, 0.6) is 0 Å². The fraction of sp³-hybridized carbons (Fsp3) is 0.500. The van der Waals surface area contributed by atoms with Gasteiger partial charge in [0.1, 0.15) is 6.04 Å². The Morgan fingerprint density at radius 3 is 3.16 bits per heavy atom. The van der Waals surface area contributed by atoms with Crippen LogP contribution >= 0.6 is 0 Å². The maximum absolute atomic E-state index is 8.91. The van der Waals surface area contributed by atoms with Crippen LogP contribution < -0.4 is 5.32 Å². The van der Waals surface area contributed by atoms with Gasteiger partial charge in [-0.25, -0.2) is 0 Å². The first kappa shape index (κ1) is 12.7. The highest BCUT2D eigenvalue weighted by Crippen LogP contribution is 2.33. The summed E-state index contributed by atoms with van der Waals surface area (Å²) in [4.78, 5) is 3.63. The zero-order chi connectivity index (χ0) is 13.2. The number of hydrogen-bond donors (Lipinski definition) is 3. The van der Waals surface area contributed by atoms with Crippen LogP contribution in [0.15, 0.2) is 18.2 Å². The van der Waals surface area contributed by atoms with Gasteiger partial charge in [-0.3, -0.25) is 0 Å². The van der Waals surface area contributed by atoms with Crippen LogP contribution in [-0.2, 0) is 6.42 Å². The standard InChI is InChI=1S/C16H22N2O/c1-11-6-7-14-13(10-11)12-4-2-5-15(16(12)18-14)17-8-3-9-19/h6-7,10,15,17-19H,2-5,8-9H2,1H3/p+1/t15-/m1/s1. The fourth-order valence-electron chi connectivity index (χ4n) is 3.26. The number of quaternary nitrogens is 1. The normalized spacial score (nSPS) is 18.7. The van der Waals surface area contributed by atoms with E-state index in [1.165, 1.54) is 47.0 Å². The van der Waals surface area contributed by atoms with Gasteiger partial charge in [0.15, 0.2) is 0 Å². The van der Waals surface area contributed by atoms with Gasteiger partial charge in [0.2, 0.25) is 0 Å². The van der Waals surface area contributed by atoms with Crippen LogP contribution in [0, 0.1) is 6.92 Å². The van der Waals surface area contributed by atoms with Crippen LogP contribution in [0.2, 0.25) is 0 Å². The third kappa shape index (κ3) is 2.40. The number of rotatable bonds is 4. The Bertz CT molecular complexity index is 573. The molecule has 1 aliphatic rings.